The number of carbonyl (C=O) groups excluding carboxylic acids is 1. The van der Waals surface area contributed by atoms with Crippen molar-refractivity contribution in [3.63, 3.8) is 0 Å². The van der Waals surface area contributed by atoms with E-state index < -0.39 is 0 Å². The summed E-state index contributed by atoms with van der Waals surface area (Å²) in [4.78, 5) is 20.8. The second-order valence-corrected chi connectivity index (χ2v) is 6.52. The molecule has 0 saturated carbocycles. The van der Waals surface area contributed by atoms with Crippen LogP contribution in [0.25, 0.3) is 0 Å². The van der Waals surface area contributed by atoms with Gasteiger partial charge in [0.2, 0.25) is 0 Å². The maximum atomic E-state index is 13.3. The molecule has 1 fully saturated rings. The number of anilines is 1. The minimum Gasteiger partial charge on any atom is -0.357 e. The molecule has 1 aliphatic heterocycles. The van der Waals surface area contributed by atoms with Crippen molar-refractivity contribution in [1.29, 1.82) is 0 Å². The van der Waals surface area contributed by atoms with Crippen LogP contribution in [0.1, 0.15) is 30.9 Å². The normalized spacial score (nSPS) is 13.7. The Bertz CT molecular complexity index is 746. The van der Waals surface area contributed by atoms with Gasteiger partial charge < -0.3 is 15.1 Å². The average molecular weight is 356 g/mol. The summed E-state index contributed by atoms with van der Waals surface area (Å²) in [5, 5.41) is 2.95. The van der Waals surface area contributed by atoms with Gasteiger partial charge in [-0.25, -0.2) is 14.2 Å². The van der Waals surface area contributed by atoms with Gasteiger partial charge in [-0.2, -0.15) is 0 Å². The van der Waals surface area contributed by atoms with E-state index in [9.17, 15) is 9.18 Å². The van der Waals surface area contributed by atoms with Crippen LogP contribution in [0.3, 0.4) is 0 Å². The van der Waals surface area contributed by atoms with E-state index in [0.29, 0.717) is 19.6 Å². The monoisotopic (exact) mass is 356 g/mol. The molecule has 0 aliphatic carbocycles. The van der Waals surface area contributed by atoms with Crippen LogP contribution >= 0.6 is 0 Å². The molecule has 2 heterocycles. The zero-order chi connectivity index (χ0) is 18.4. The Kier molecular flexibility index (Phi) is 6.04. The third-order valence-corrected chi connectivity index (χ3v) is 4.62. The molecule has 3 rings (SSSR count). The summed E-state index contributed by atoms with van der Waals surface area (Å²) < 4.78 is 13.3. The first kappa shape index (κ1) is 18.2. The van der Waals surface area contributed by atoms with Crippen LogP contribution in [-0.2, 0) is 13.1 Å². The van der Waals surface area contributed by atoms with Gasteiger partial charge in [0.05, 0.1) is 0 Å². The van der Waals surface area contributed by atoms with Crippen LogP contribution in [0.15, 0.2) is 42.6 Å². The van der Waals surface area contributed by atoms with Crippen molar-refractivity contribution in [2.75, 3.05) is 24.5 Å². The van der Waals surface area contributed by atoms with Crippen molar-refractivity contribution in [3.05, 3.63) is 59.5 Å². The van der Waals surface area contributed by atoms with Crippen molar-refractivity contribution < 1.29 is 9.18 Å². The molecule has 1 saturated heterocycles. The summed E-state index contributed by atoms with van der Waals surface area (Å²) in [7, 11) is 0. The van der Waals surface area contributed by atoms with Gasteiger partial charge in [-0.1, -0.05) is 12.1 Å². The van der Waals surface area contributed by atoms with E-state index >= 15 is 0 Å². The standard InChI is InChI=1S/C20H25FN4O/c1-2-24(15-17-6-5-7-18(21)12-17)20(26)23-14-16-8-9-22-19(13-16)25-10-3-4-11-25/h5-9,12-13H,2-4,10-11,14-15H2,1H3,(H,23,26). The van der Waals surface area contributed by atoms with Crippen LogP contribution in [-0.4, -0.2) is 35.5 Å². The minimum absolute atomic E-state index is 0.156. The highest BCUT2D eigenvalue weighted by atomic mass is 19.1. The summed E-state index contributed by atoms with van der Waals surface area (Å²) in [6.45, 7) is 5.38. The number of urea groups is 1. The molecule has 0 bridgehead atoms. The molecular formula is C20H25FN4O. The fourth-order valence-electron chi connectivity index (χ4n) is 3.16. The fraction of sp³-hybridized carbons (Fsp3) is 0.400. The third kappa shape index (κ3) is 4.71. The number of amides is 2. The predicted octanol–water partition coefficient (Wildman–Crippen LogP) is 3.55. The molecule has 1 aromatic heterocycles. The van der Waals surface area contributed by atoms with E-state index in [0.717, 1.165) is 30.0 Å². The molecule has 0 spiro atoms. The van der Waals surface area contributed by atoms with E-state index in [-0.39, 0.29) is 11.8 Å². The van der Waals surface area contributed by atoms with Crippen LogP contribution in [0.2, 0.25) is 0 Å². The molecule has 0 atom stereocenters. The highest BCUT2D eigenvalue weighted by Gasteiger charge is 2.15. The van der Waals surface area contributed by atoms with Gasteiger partial charge in [0.1, 0.15) is 11.6 Å². The number of hydrogen-bond donors (Lipinski definition) is 1. The average Bonchev–Trinajstić information content (AvgIpc) is 3.19. The molecule has 2 amide bonds. The number of pyridine rings is 1. The van der Waals surface area contributed by atoms with Crippen molar-refractivity contribution in [3.8, 4) is 0 Å². The molecule has 5 nitrogen and oxygen atoms in total. The number of nitrogens with zero attached hydrogens (tertiary/aromatic N) is 3. The number of halogens is 1. The smallest absolute Gasteiger partial charge is 0.317 e. The quantitative estimate of drug-likeness (QED) is 0.861. The Morgan fingerprint density at radius 3 is 2.77 bits per heavy atom. The van der Waals surface area contributed by atoms with E-state index in [1.54, 1.807) is 17.2 Å². The molecule has 1 aromatic carbocycles. The largest absolute Gasteiger partial charge is 0.357 e. The second kappa shape index (κ2) is 8.65. The maximum absolute atomic E-state index is 13.3. The van der Waals surface area contributed by atoms with Crippen molar-refractivity contribution in [1.82, 2.24) is 15.2 Å². The summed E-state index contributed by atoms with van der Waals surface area (Å²) in [6, 6.07) is 10.1. The van der Waals surface area contributed by atoms with Gasteiger partial charge >= 0.3 is 6.03 Å². The Hall–Kier alpha value is -2.63. The van der Waals surface area contributed by atoms with Crippen LogP contribution in [0, 0.1) is 5.82 Å². The molecule has 0 unspecified atom stereocenters. The highest BCUT2D eigenvalue weighted by Crippen LogP contribution is 2.18. The lowest BCUT2D eigenvalue weighted by molar-refractivity contribution is 0.197. The topological polar surface area (TPSA) is 48.5 Å². The van der Waals surface area contributed by atoms with Crippen LogP contribution < -0.4 is 10.2 Å². The van der Waals surface area contributed by atoms with E-state index in [1.807, 2.05) is 25.1 Å². The molecule has 1 aliphatic rings. The molecular weight excluding hydrogens is 331 g/mol. The fourth-order valence-corrected chi connectivity index (χ4v) is 3.16. The first-order valence-electron chi connectivity index (χ1n) is 9.13. The van der Waals surface area contributed by atoms with E-state index in [1.165, 1.54) is 25.0 Å². The Morgan fingerprint density at radius 2 is 2.04 bits per heavy atom. The van der Waals surface area contributed by atoms with Gasteiger partial charge in [0, 0.05) is 38.9 Å². The van der Waals surface area contributed by atoms with Crippen molar-refractivity contribution >= 4 is 11.8 Å². The number of aromatic nitrogens is 1. The first-order valence-corrected chi connectivity index (χ1v) is 9.13. The van der Waals surface area contributed by atoms with Gasteiger partial charge in [-0.15, -0.1) is 0 Å². The van der Waals surface area contributed by atoms with Gasteiger partial charge in [-0.3, -0.25) is 0 Å². The number of benzene rings is 1. The molecule has 138 valence electrons. The molecule has 0 radical (unpaired) electrons. The Balaban J connectivity index is 1.57. The zero-order valence-corrected chi connectivity index (χ0v) is 15.1. The number of carbonyl (C=O) groups is 1. The lowest BCUT2D eigenvalue weighted by Crippen LogP contribution is -2.39. The lowest BCUT2D eigenvalue weighted by atomic mass is 10.2. The number of rotatable bonds is 6. The van der Waals surface area contributed by atoms with Gasteiger partial charge in [0.15, 0.2) is 0 Å². The Labute approximate surface area is 153 Å². The van der Waals surface area contributed by atoms with Crippen molar-refractivity contribution in [2.24, 2.45) is 0 Å². The first-order chi connectivity index (χ1) is 12.7. The predicted molar refractivity (Wildman–Crippen MR) is 100 cm³/mol. The van der Waals surface area contributed by atoms with E-state index in [2.05, 4.69) is 15.2 Å². The second-order valence-electron chi connectivity index (χ2n) is 6.52. The Morgan fingerprint density at radius 1 is 1.23 bits per heavy atom. The highest BCUT2D eigenvalue weighted by molar-refractivity contribution is 5.74. The summed E-state index contributed by atoms with van der Waals surface area (Å²) in [6.07, 6.45) is 4.20. The number of nitrogens with one attached hydrogen (secondary N) is 1. The molecule has 2 aromatic rings. The van der Waals surface area contributed by atoms with Gasteiger partial charge in [-0.05, 0) is 55.2 Å². The van der Waals surface area contributed by atoms with E-state index in [4.69, 9.17) is 0 Å². The molecule has 1 N–H and O–H groups in total. The SMILES string of the molecule is CCN(Cc1cccc(F)c1)C(=O)NCc1ccnc(N2CCCC2)c1. The zero-order valence-electron chi connectivity index (χ0n) is 15.1. The number of hydrogen-bond acceptors (Lipinski definition) is 3. The molecule has 26 heavy (non-hydrogen) atoms. The lowest BCUT2D eigenvalue weighted by Gasteiger charge is -2.22. The van der Waals surface area contributed by atoms with Gasteiger partial charge in [0.25, 0.3) is 0 Å². The van der Waals surface area contributed by atoms with Crippen LogP contribution in [0.5, 0.6) is 0 Å². The maximum Gasteiger partial charge on any atom is 0.317 e. The third-order valence-electron chi connectivity index (χ3n) is 4.62. The summed E-state index contributed by atoms with van der Waals surface area (Å²) in [5.74, 6) is 0.687. The van der Waals surface area contributed by atoms with Crippen LogP contribution in [0.4, 0.5) is 15.0 Å². The van der Waals surface area contributed by atoms with Crippen molar-refractivity contribution in [2.45, 2.75) is 32.9 Å². The minimum atomic E-state index is -0.287. The summed E-state index contributed by atoms with van der Waals surface area (Å²) >= 11 is 0. The molecule has 6 heteroatoms. The summed E-state index contributed by atoms with van der Waals surface area (Å²) in [5.41, 5.74) is 1.80.